The Morgan fingerprint density at radius 2 is 1.71 bits per heavy atom. The second-order valence-corrected chi connectivity index (χ2v) is 7.52. The molecule has 0 aromatic heterocycles. The van der Waals surface area contributed by atoms with Gasteiger partial charge in [-0.15, -0.1) is 11.6 Å². The highest BCUT2D eigenvalue weighted by molar-refractivity contribution is 6.28. The van der Waals surface area contributed by atoms with Gasteiger partial charge >= 0.3 is 0 Å². The predicted octanol–water partition coefficient (Wildman–Crippen LogP) is 1.89. The Morgan fingerprint density at radius 1 is 1.03 bits per heavy atom. The minimum atomic E-state index is -0.551. The number of nitrogens with one attached hydrogen (secondary N) is 4. The molecule has 0 bridgehead atoms. The molecule has 5 N–H and O–H groups in total. The molecule has 0 heterocycles. The number of halogens is 1. The SMILES string of the molecule is CCC(NOC(C)NOC(NOC(Cc1ccc(O)cc1)NOC)C(C)C)C(=O)CCl. The maximum atomic E-state index is 11.7. The maximum Gasteiger partial charge on any atom is 0.166 e. The van der Waals surface area contributed by atoms with Crippen LogP contribution in [-0.2, 0) is 30.6 Å². The number of Topliss-reactive ketones (excluding diaryl/α,β-unsaturated/α-hetero) is 1. The fourth-order valence-electron chi connectivity index (χ4n) is 2.38. The molecule has 10 nitrogen and oxygen atoms in total. The van der Waals surface area contributed by atoms with Crippen molar-refractivity contribution in [3.63, 3.8) is 0 Å². The smallest absolute Gasteiger partial charge is 0.166 e. The van der Waals surface area contributed by atoms with Crippen LogP contribution in [0.3, 0.4) is 0 Å². The van der Waals surface area contributed by atoms with Crippen LogP contribution in [0.1, 0.15) is 39.7 Å². The molecule has 4 unspecified atom stereocenters. The van der Waals surface area contributed by atoms with E-state index in [0.717, 1.165) is 5.56 Å². The average molecular weight is 463 g/mol. The van der Waals surface area contributed by atoms with Gasteiger partial charge in [-0.1, -0.05) is 32.9 Å². The summed E-state index contributed by atoms with van der Waals surface area (Å²) in [5.41, 5.74) is 12.0. The molecule has 1 aromatic rings. The molecule has 0 spiro atoms. The number of hydroxylamine groups is 4. The molecule has 0 saturated carbocycles. The maximum absolute atomic E-state index is 11.7. The second kappa shape index (κ2) is 15.5. The molecule has 0 amide bonds. The lowest BCUT2D eigenvalue weighted by Gasteiger charge is -2.27. The molecule has 0 radical (unpaired) electrons. The van der Waals surface area contributed by atoms with Gasteiger partial charge in [0.1, 0.15) is 12.0 Å². The third kappa shape index (κ3) is 11.2. The van der Waals surface area contributed by atoms with E-state index < -0.39 is 24.7 Å². The Hall–Kier alpha value is -1.34. The van der Waals surface area contributed by atoms with Crippen molar-refractivity contribution in [2.75, 3.05) is 13.0 Å². The highest BCUT2D eigenvalue weighted by Gasteiger charge is 2.20. The van der Waals surface area contributed by atoms with Crippen molar-refractivity contribution in [3.05, 3.63) is 29.8 Å². The van der Waals surface area contributed by atoms with Gasteiger partial charge in [-0.2, -0.15) is 21.9 Å². The van der Waals surface area contributed by atoms with E-state index >= 15 is 0 Å². The lowest BCUT2D eigenvalue weighted by atomic mass is 10.1. The molecule has 11 heteroatoms. The molecular formula is C20H35ClN4O6. The zero-order chi connectivity index (χ0) is 23.2. The summed E-state index contributed by atoms with van der Waals surface area (Å²) in [5.74, 6) is 0.0231. The van der Waals surface area contributed by atoms with E-state index in [4.69, 9.17) is 31.0 Å². The van der Waals surface area contributed by atoms with Gasteiger partial charge in [0.2, 0.25) is 0 Å². The van der Waals surface area contributed by atoms with E-state index in [-0.39, 0.29) is 23.3 Å². The van der Waals surface area contributed by atoms with Crippen molar-refractivity contribution < 1.29 is 29.3 Å². The number of hydrogen-bond acceptors (Lipinski definition) is 10. The van der Waals surface area contributed by atoms with Crippen molar-refractivity contribution in [1.29, 1.82) is 0 Å². The number of phenolic OH excluding ortho intramolecular Hbond substituents is 1. The van der Waals surface area contributed by atoms with Crippen LogP contribution >= 0.6 is 11.6 Å². The molecular weight excluding hydrogens is 428 g/mol. The molecule has 0 saturated heterocycles. The third-order valence-electron chi connectivity index (χ3n) is 4.22. The summed E-state index contributed by atoms with van der Waals surface area (Å²) in [6.07, 6.45) is -0.543. The van der Waals surface area contributed by atoms with Crippen LogP contribution in [0.5, 0.6) is 5.75 Å². The largest absolute Gasteiger partial charge is 0.508 e. The molecule has 0 fully saturated rings. The van der Waals surface area contributed by atoms with Gasteiger partial charge in [0.25, 0.3) is 0 Å². The van der Waals surface area contributed by atoms with Crippen LogP contribution in [0.2, 0.25) is 0 Å². The lowest BCUT2D eigenvalue weighted by molar-refractivity contribution is -0.215. The predicted molar refractivity (Wildman–Crippen MR) is 116 cm³/mol. The van der Waals surface area contributed by atoms with Gasteiger partial charge in [-0.3, -0.25) is 19.3 Å². The summed E-state index contributed by atoms with van der Waals surface area (Å²) in [7, 11) is 1.50. The average Bonchev–Trinajstić information content (AvgIpc) is 2.75. The number of phenols is 1. The van der Waals surface area contributed by atoms with Crippen molar-refractivity contribution in [2.45, 2.75) is 65.3 Å². The molecule has 4 atom stereocenters. The topological polar surface area (TPSA) is 122 Å². The number of hydrogen-bond donors (Lipinski definition) is 5. The van der Waals surface area contributed by atoms with Gasteiger partial charge in [0.15, 0.2) is 18.2 Å². The van der Waals surface area contributed by atoms with Crippen LogP contribution < -0.4 is 21.9 Å². The summed E-state index contributed by atoms with van der Waals surface area (Å²) in [6, 6.07) is 6.33. The number of rotatable bonds is 17. The third-order valence-corrected chi connectivity index (χ3v) is 4.48. The number of ketones is 1. The first-order chi connectivity index (χ1) is 14.8. The van der Waals surface area contributed by atoms with E-state index in [1.54, 1.807) is 31.2 Å². The second-order valence-electron chi connectivity index (χ2n) is 7.26. The molecule has 1 rings (SSSR count). The first-order valence-corrected chi connectivity index (χ1v) is 10.7. The van der Waals surface area contributed by atoms with Gasteiger partial charge in [-0.05, 0) is 37.0 Å². The Labute approximate surface area is 188 Å². The summed E-state index contributed by atoms with van der Waals surface area (Å²) in [4.78, 5) is 33.4. The first kappa shape index (κ1) is 27.7. The highest BCUT2D eigenvalue weighted by atomic mass is 35.5. The van der Waals surface area contributed by atoms with E-state index in [0.29, 0.717) is 12.8 Å². The Kier molecular flexibility index (Phi) is 13.8. The van der Waals surface area contributed by atoms with Gasteiger partial charge in [0, 0.05) is 6.42 Å². The van der Waals surface area contributed by atoms with E-state index in [1.807, 2.05) is 20.8 Å². The molecule has 0 aliphatic heterocycles. The minimum absolute atomic E-state index is 0.0470. The zero-order valence-electron chi connectivity index (χ0n) is 18.7. The number of benzene rings is 1. The summed E-state index contributed by atoms with van der Waals surface area (Å²) >= 11 is 5.59. The first-order valence-electron chi connectivity index (χ1n) is 10.2. The van der Waals surface area contributed by atoms with Crippen LogP contribution in [0.25, 0.3) is 0 Å². The lowest BCUT2D eigenvalue weighted by Crippen LogP contribution is -2.49. The number of alkyl halides is 1. The molecule has 1 aromatic carbocycles. The van der Waals surface area contributed by atoms with Crippen LogP contribution in [0.15, 0.2) is 24.3 Å². The van der Waals surface area contributed by atoms with Gasteiger partial charge in [0.05, 0.1) is 19.0 Å². The Balaban J connectivity index is 2.50. The fraction of sp³-hybridized carbons (Fsp3) is 0.650. The molecule has 178 valence electrons. The summed E-state index contributed by atoms with van der Waals surface area (Å²) in [6.45, 7) is 7.50. The van der Waals surface area contributed by atoms with Crippen molar-refractivity contribution >= 4 is 17.4 Å². The monoisotopic (exact) mass is 462 g/mol. The molecule has 31 heavy (non-hydrogen) atoms. The quantitative estimate of drug-likeness (QED) is 0.133. The van der Waals surface area contributed by atoms with Gasteiger partial charge < -0.3 is 9.94 Å². The normalized spacial score (nSPS) is 15.6. The van der Waals surface area contributed by atoms with E-state index in [1.165, 1.54) is 7.11 Å². The fourth-order valence-corrected chi connectivity index (χ4v) is 2.56. The molecule has 0 aliphatic carbocycles. The van der Waals surface area contributed by atoms with E-state index in [9.17, 15) is 9.90 Å². The van der Waals surface area contributed by atoms with Crippen molar-refractivity contribution in [3.8, 4) is 5.75 Å². The van der Waals surface area contributed by atoms with Gasteiger partial charge in [-0.25, -0.2) is 0 Å². The Morgan fingerprint density at radius 3 is 2.26 bits per heavy atom. The van der Waals surface area contributed by atoms with Crippen LogP contribution in [0, 0.1) is 5.92 Å². The van der Waals surface area contributed by atoms with Crippen LogP contribution in [-0.4, -0.2) is 48.6 Å². The zero-order valence-corrected chi connectivity index (χ0v) is 19.4. The highest BCUT2D eigenvalue weighted by Crippen LogP contribution is 2.12. The minimum Gasteiger partial charge on any atom is -0.508 e. The van der Waals surface area contributed by atoms with Crippen LogP contribution in [0.4, 0.5) is 0 Å². The molecule has 0 aliphatic rings. The summed E-state index contributed by atoms with van der Waals surface area (Å²) < 4.78 is 0. The van der Waals surface area contributed by atoms with E-state index in [2.05, 4.69) is 21.9 Å². The summed E-state index contributed by atoms with van der Waals surface area (Å²) in [5, 5.41) is 9.41. The Bertz CT molecular complexity index is 622. The number of aromatic hydroxyl groups is 1. The number of carbonyl (C=O) groups excluding carboxylic acids is 1. The van der Waals surface area contributed by atoms with Crippen molar-refractivity contribution in [2.24, 2.45) is 5.92 Å². The van der Waals surface area contributed by atoms with Crippen molar-refractivity contribution in [1.82, 2.24) is 21.9 Å². The number of carbonyl (C=O) groups is 1. The standard InChI is InChI=1S/C20H35ClN4O6/c1-6-17(18(27)12-21)23-29-14(4)22-31-20(13(2)3)25-30-19(24-28-5)11-15-7-9-16(26)10-8-15/h7-10,13-14,17,19-20,22-26H,6,11-12H2,1-5H3.